The van der Waals surface area contributed by atoms with Crippen LogP contribution in [0.4, 0.5) is 5.69 Å². The van der Waals surface area contributed by atoms with Crippen molar-refractivity contribution in [1.29, 1.82) is 0 Å². The molecule has 0 bridgehead atoms. The Morgan fingerprint density at radius 2 is 2.28 bits per heavy atom. The molecular weight excluding hydrogens is 384 g/mol. The van der Waals surface area contributed by atoms with Gasteiger partial charge >= 0.3 is 0 Å². The van der Waals surface area contributed by atoms with Crippen LogP contribution in [0.3, 0.4) is 0 Å². The molecule has 2 aliphatic heterocycles. The van der Waals surface area contributed by atoms with Crippen LogP contribution in [-0.4, -0.2) is 54.7 Å². The molecule has 29 heavy (non-hydrogen) atoms. The largest absolute Gasteiger partial charge is 0.404 e. The Morgan fingerprint density at radius 3 is 2.97 bits per heavy atom. The number of carbonyl (C=O) groups is 1. The minimum atomic E-state index is -0.0481. The first-order valence-electron chi connectivity index (χ1n) is 10.0. The van der Waals surface area contributed by atoms with Gasteiger partial charge < -0.3 is 10.6 Å². The van der Waals surface area contributed by atoms with E-state index in [9.17, 15) is 4.79 Å². The first kappa shape index (κ1) is 20.0. The SMILES string of the molecule is CN=CC(=CN)CN1C(=O)c2cc(SNC3(C)CC3)ccc2N2C1=NCC[C@@H]2C. The molecule has 3 N–H and O–H groups in total. The molecule has 154 valence electrons. The van der Waals surface area contributed by atoms with Gasteiger partial charge in [0.25, 0.3) is 5.91 Å². The molecule has 1 aromatic carbocycles. The molecule has 4 rings (SSSR count). The molecular formula is C21H28N6OS. The van der Waals surface area contributed by atoms with Crippen LogP contribution >= 0.6 is 11.9 Å². The van der Waals surface area contributed by atoms with Gasteiger partial charge in [-0.2, -0.15) is 0 Å². The lowest BCUT2D eigenvalue weighted by Gasteiger charge is -2.44. The average molecular weight is 413 g/mol. The van der Waals surface area contributed by atoms with Gasteiger partial charge in [-0.1, -0.05) is 0 Å². The van der Waals surface area contributed by atoms with E-state index in [-0.39, 0.29) is 17.5 Å². The van der Waals surface area contributed by atoms with E-state index in [2.05, 4.69) is 34.5 Å². The highest BCUT2D eigenvalue weighted by molar-refractivity contribution is 7.97. The van der Waals surface area contributed by atoms with E-state index >= 15 is 0 Å². The van der Waals surface area contributed by atoms with Gasteiger partial charge in [-0.05, 0) is 63.3 Å². The molecule has 1 aliphatic carbocycles. The van der Waals surface area contributed by atoms with Crippen LogP contribution in [0.25, 0.3) is 0 Å². The summed E-state index contributed by atoms with van der Waals surface area (Å²) in [4.78, 5) is 27.2. The van der Waals surface area contributed by atoms with Crippen LogP contribution in [0, 0.1) is 0 Å². The molecule has 0 spiro atoms. The lowest BCUT2D eigenvalue weighted by Crippen LogP contribution is -2.57. The molecule has 3 aliphatic rings. The number of rotatable bonds is 6. The minimum absolute atomic E-state index is 0.0481. The number of carbonyl (C=O) groups excluding carboxylic acids is 1. The molecule has 1 fully saturated rings. The molecule has 1 amide bonds. The fraction of sp³-hybridized carbons (Fsp3) is 0.476. The second-order valence-corrected chi connectivity index (χ2v) is 9.03. The maximum absolute atomic E-state index is 13.5. The summed E-state index contributed by atoms with van der Waals surface area (Å²) in [6, 6.07) is 6.39. The van der Waals surface area contributed by atoms with E-state index in [0.717, 1.165) is 22.6 Å². The molecule has 1 atom stereocenters. The van der Waals surface area contributed by atoms with Crippen LogP contribution in [0.5, 0.6) is 0 Å². The third kappa shape index (κ3) is 3.91. The number of amides is 1. The third-order valence-corrected chi connectivity index (χ3v) is 6.75. The summed E-state index contributed by atoms with van der Waals surface area (Å²) in [6.45, 7) is 5.46. The lowest BCUT2D eigenvalue weighted by atomic mass is 10.0. The molecule has 1 aromatic rings. The van der Waals surface area contributed by atoms with E-state index in [1.54, 1.807) is 30.1 Å². The van der Waals surface area contributed by atoms with Gasteiger partial charge in [-0.3, -0.25) is 24.4 Å². The van der Waals surface area contributed by atoms with Crippen molar-refractivity contribution >= 4 is 35.7 Å². The zero-order valence-corrected chi connectivity index (χ0v) is 18.0. The van der Waals surface area contributed by atoms with Crippen molar-refractivity contribution in [2.75, 3.05) is 25.0 Å². The quantitative estimate of drug-likeness (QED) is 0.554. The molecule has 0 aromatic heterocycles. The van der Waals surface area contributed by atoms with Crippen molar-refractivity contribution in [3.05, 3.63) is 35.5 Å². The second-order valence-electron chi connectivity index (χ2n) is 8.15. The Hall–Kier alpha value is -2.32. The topological polar surface area (TPSA) is 86.3 Å². The molecule has 1 saturated carbocycles. The maximum Gasteiger partial charge on any atom is 0.263 e. The average Bonchev–Trinajstić information content (AvgIpc) is 3.46. The third-order valence-electron chi connectivity index (χ3n) is 5.67. The Morgan fingerprint density at radius 1 is 1.48 bits per heavy atom. The maximum atomic E-state index is 13.5. The number of guanidine groups is 1. The molecule has 2 heterocycles. The molecule has 7 nitrogen and oxygen atoms in total. The van der Waals surface area contributed by atoms with Crippen LogP contribution in [-0.2, 0) is 0 Å². The number of anilines is 1. The highest BCUT2D eigenvalue weighted by Gasteiger charge is 2.40. The number of nitrogens with two attached hydrogens (primary N) is 1. The van der Waals surface area contributed by atoms with Crippen LogP contribution < -0.4 is 15.4 Å². The van der Waals surface area contributed by atoms with Crippen molar-refractivity contribution in [2.24, 2.45) is 15.7 Å². The monoisotopic (exact) mass is 412 g/mol. The van der Waals surface area contributed by atoms with Crippen LogP contribution in [0.2, 0.25) is 0 Å². The molecule has 0 unspecified atom stereocenters. The van der Waals surface area contributed by atoms with Crippen molar-refractivity contribution in [1.82, 2.24) is 9.62 Å². The Bertz CT molecular complexity index is 904. The van der Waals surface area contributed by atoms with Gasteiger partial charge in [0, 0.05) is 48.1 Å². The van der Waals surface area contributed by atoms with Crippen molar-refractivity contribution in [3.63, 3.8) is 0 Å². The number of benzene rings is 1. The summed E-state index contributed by atoms with van der Waals surface area (Å²) in [5.41, 5.74) is 8.40. The van der Waals surface area contributed by atoms with Gasteiger partial charge in [0.15, 0.2) is 0 Å². The Kier molecular flexibility index (Phi) is 5.40. The summed E-state index contributed by atoms with van der Waals surface area (Å²) in [5.74, 6) is 0.655. The van der Waals surface area contributed by atoms with Crippen LogP contribution in [0.15, 0.2) is 44.9 Å². The van der Waals surface area contributed by atoms with E-state index in [0.29, 0.717) is 24.6 Å². The smallest absolute Gasteiger partial charge is 0.263 e. The summed E-state index contributed by atoms with van der Waals surface area (Å²) in [6.07, 6.45) is 6.52. The van der Waals surface area contributed by atoms with E-state index in [4.69, 9.17) is 10.7 Å². The molecule has 0 radical (unpaired) electrons. The summed E-state index contributed by atoms with van der Waals surface area (Å²) < 4.78 is 3.52. The van der Waals surface area contributed by atoms with E-state index in [1.807, 2.05) is 12.1 Å². The Balaban J connectivity index is 1.69. The number of hydrogen-bond donors (Lipinski definition) is 2. The van der Waals surface area contributed by atoms with Crippen molar-refractivity contribution in [3.8, 4) is 0 Å². The zero-order valence-electron chi connectivity index (χ0n) is 17.2. The summed E-state index contributed by atoms with van der Waals surface area (Å²) >= 11 is 1.60. The fourth-order valence-electron chi connectivity index (χ4n) is 3.61. The summed E-state index contributed by atoms with van der Waals surface area (Å²) in [5, 5.41) is 0. The van der Waals surface area contributed by atoms with Gasteiger partial charge in [0.1, 0.15) is 0 Å². The van der Waals surface area contributed by atoms with Crippen molar-refractivity contribution < 1.29 is 4.79 Å². The minimum Gasteiger partial charge on any atom is -0.404 e. The number of nitrogens with zero attached hydrogens (tertiary/aromatic N) is 4. The number of fused-ring (bicyclic) bond motifs is 3. The van der Waals surface area contributed by atoms with Gasteiger partial charge in [-0.25, -0.2) is 0 Å². The number of hydrogen-bond acceptors (Lipinski definition) is 7. The molecule has 8 heteroatoms. The normalized spacial score (nSPS) is 23.1. The predicted molar refractivity (Wildman–Crippen MR) is 120 cm³/mol. The highest BCUT2D eigenvalue weighted by Crippen LogP contribution is 2.39. The van der Waals surface area contributed by atoms with E-state index in [1.165, 1.54) is 19.0 Å². The van der Waals surface area contributed by atoms with Gasteiger partial charge in [-0.15, -0.1) is 0 Å². The lowest BCUT2D eigenvalue weighted by molar-refractivity contribution is 0.0847. The van der Waals surface area contributed by atoms with Crippen LogP contribution in [0.1, 0.15) is 43.5 Å². The Labute approximate surface area is 176 Å². The fourth-order valence-corrected chi connectivity index (χ4v) is 4.49. The van der Waals surface area contributed by atoms with Crippen molar-refractivity contribution in [2.45, 2.75) is 49.6 Å². The summed E-state index contributed by atoms with van der Waals surface area (Å²) in [7, 11) is 1.69. The number of nitrogens with one attached hydrogen (secondary N) is 1. The van der Waals surface area contributed by atoms with Gasteiger partial charge in [0.05, 0.1) is 17.8 Å². The predicted octanol–water partition coefficient (Wildman–Crippen LogP) is 2.79. The van der Waals surface area contributed by atoms with E-state index < -0.39 is 0 Å². The first-order chi connectivity index (χ1) is 14.0. The number of aliphatic imine (C=N–C) groups is 2. The molecule has 0 saturated heterocycles. The highest BCUT2D eigenvalue weighted by atomic mass is 32.2. The first-order valence-corrected chi connectivity index (χ1v) is 10.8. The van der Waals surface area contributed by atoms with Gasteiger partial charge in [0.2, 0.25) is 5.96 Å². The standard InChI is InChI=1S/C21H28N6OS/c1-14-6-9-24-20-26(13-15(11-22)12-23-3)19(28)17-10-16(4-5-18(17)27(14)20)29-25-21(2)7-8-21/h4-5,10-12,14,25H,6-9,13,22H2,1-3H3/t14-/m0/s1. The zero-order chi connectivity index (χ0) is 20.6. The second kappa shape index (κ2) is 7.84.